The van der Waals surface area contributed by atoms with Crippen LogP contribution in [0.1, 0.15) is 25.8 Å². The molecule has 0 aliphatic heterocycles. The van der Waals surface area contributed by atoms with E-state index in [4.69, 9.17) is 0 Å². The molecule has 106 valence electrons. The van der Waals surface area contributed by atoms with Crippen LogP contribution in [0.25, 0.3) is 10.9 Å². The number of anilines is 1. The van der Waals surface area contributed by atoms with E-state index in [-0.39, 0.29) is 5.92 Å². The highest BCUT2D eigenvalue weighted by Crippen LogP contribution is 2.22. The van der Waals surface area contributed by atoms with Gasteiger partial charge in [0.2, 0.25) is 0 Å². The van der Waals surface area contributed by atoms with Gasteiger partial charge >= 0.3 is 0 Å². The minimum absolute atomic E-state index is 0.250. The molecule has 5 heteroatoms. The summed E-state index contributed by atoms with van der Waals surface area (Å²) in [5, 5.41) is 15.0. The van der Waals surface area contributed by atoms with E-state index < -0.39 is 12.0 Å². The second-order valence-electron chi connectivity index (χ2n) is 5.39. The van der Waals surface area contributed by atoms with Gasteiger partial charge in [0.15, 0.2) is 0 Å². The van der Waals surface area contributed by atoms with Gasteiger partial charge in [0.1, 0.15) is 12.1 Å². The molecule has 1 unspecified atom stereocenters. The number of hydrogen-bond acceptors (Lipinski definition) is 5. The van der Waals surface area contributed by atoms with E-state index in [0.717, 1.165) is 16.5 Å². The minimum Gasteiger partial charge on any atom is -0.548 e. The molecule has 0 saturated carbocycles. The summed E-state index contributed by atoms with van der Waals surface area (Å²) in [7, 11) is 0. The maximum atomic E-state index is 11.2. The number of fused-ring (bicyclic) bond motifs is 1. The van der Waals surface area contributed by atoms with Crippen molar-refractivity contribution in [1.82, 2.24) is 9.97 Å². The second kappa shape index (κ2) is 5.86. The topological polar surface area (TPSA) is 77.9 Å². The number of rotatable bonds is 5. The molecule has 0 saturated heterocycles. The number of aromatic nitrogens is 2. The van der Waals surface area contributed by atoms with Crippen molar-refractivity contribution in [2.24, 2.45) is 5.92 Å². The predicted octanol–water partition coefficient (Wildman–Crippen LogP) is 1.51. The predicted molar refractivity (Wildman–Crippen MR) is 76.1 cm³/mol. The Morgan fingerprint density at radius 1 is 1.35 bits per heavy atom. The summed E-state index contributed by atoms with van der Waals surface area (Å²) in [4.78, 5) is 19.6. The molecule has 2 rings (SSSR count). The van der Waals surface area contributed by atoms with Gasteiger partial charge in [-0.3, -0.25) is 0 Å². The van der Waals surface area contributed by atoms with Crippen molar-refractivity contribution >= 4 is 22.7 Å². The highest BCUT2D eigenvalue weighted by molar-refractivity contribution is 5.90. The van der Waals surface area contributed by atoms with E-state index in [1.54, 1.807) is 0 Å². The third-order valence-electron chi connectivity index (χ3n) is 3.09. The number of aryl methyl sites for hydroxylation is 1. The fourth-order valence-corrected chi connectivity index (χ4v) is 2.14. The zero-order valence-electron chi connectivity index (χ0n) is 11.9. The SMILES string of the molecule is Cc1ccc2ncnc(NC(CC(C)C)C(=O)[O-])c2c1. The molecule has 0 bridgehead atoms. The fourth-order valence-electron chi connectivity index (χ4n) is 2.14. The van der Waals surface area contributed by atoms with Crippen LogP contribution in [0.3, 0.4) is 0 Å². The Kier molecular flexibility index (Phi) is 4.17. The lowest BCUT2D eigenvalue weighted by atomic mass is 10.0. The summed E-state index contributed by atoms with van der Waals surface area (Å²) >= 11 is 0. The van der Waals surface area contributed by atoms with Crippen molar-refractivity contribution in [2.75, 3.05) is 5.32 Å². The highest BCUT2D eigenvalue weighted by atomic mass is 16.4. The van der Waals surface area contributed by atoms with Crippen LogP contribution in [0.4, 0.5) is 5.82 Å². The van der Waals surface area contributed by atoms with Gasteiger partial charge in [0.25, 0.3) is 0 Å². The van der Waals surface area contributed by atoms with Gasteiger partial charge in [0, 0.05) is 5.39 Å². The lowest BCUT2D eigenvalue weighted by molar-refractivity contribution is -0.307. The summed E-state index contributed by atoms with van der Waals surface area (Å²) in [5.74, 6) is -0.327. The lowest BCUT2D eigenvalue weighted by Gasteiger charge is -2.22. The summed E-state index contributed by atoms with van der Waals surface area (Å²) < 4.78 is 0. The summed E-state index contributed by atoms with van der Waals surface area (Å²) in [6, 6.07) is 5.05. The van der Waals surface area contributed by atoms with Crippen molar-refractivity contribution in [2.45, 2.75) is 33.2 Å². The number of nitrogens with zero attached hydrogens (tertiary/aromatic N) is 2. The average molecular weight is 272 g/mol. The molecule has 20 heavy (non-hydrogen) atoms. The van der Waals surface area contributed by atoms with Crippen molar-refractivity contribution in [3.8, 4) is 0 Å². The molecular weight excluding hydrogens is 254 g/mol. The van der Waals surface area contributed by atoms with Crippen LogP contribution in [0.5, 0.6) is 0 Å². The maximum absolute atomic E-state index is 11.2. The first-order valence-corrected chi connectivity index (χ1v) is 6.66. The van der Waals surface area contributed by atoms with E-state index in [1.807, 2.05) is 39.0 Å². The van der Waals surface area contributed by atoms with Crippen LogP contribution in [-0.4, -0.2) is 22.0 Å². The first-order chi connectivity index (χ1) is 9.47. The van der Waals surface area contributed by atoms with Crippen LogP contribution >= 0.6 is 0 Å². The quantitative estimate of drug-likeness (QED) is 0.892. The number of carbonyl (C=O) groups is 1. The van der Waals surface area contributed by atoms with E-state index in [9.17, 15) is 9.90 Å². The Morgan fingerprint density at radius 3 is 2.75 bits per heavy atom. The summed E-state index contributed by atoms with van der Waals surface area (Å²) in [6.45, 7) is 5.92. The molecule has 5 nitrogen and oxygen atoms in total. The molecule has 0 aliphatic rings. The van der Waals surface area contributed by atoms with Gasteiger partial charge in [0.05, 0.1) is 17.5 Å². The first kappa shape index (κ1) is 14.2. The van der Waals surface area contributed by atoms with Gasteiger partial charge in [-0.05, 0) is 31.4 Å². The number of aliphatic carboxylic acids is 1. The van der Waals surface area contributed by atoms with Gasteiger partial charge in [-0.15, -0.1) is 0 Å². The molecular formula is C15H18N3O2-. The normalized spacial score (nSPS) is 12.6. The molecule has 1 atom stereocenters. The number of nitrogens with one attached hydrogen (secondary N) is 1. The van der Waals surface area contributed by atoms with Crippen LogP contribution in [0.15, 0.2) is 24.5 Å². The second-order valence-corrected chi connectivity index (χ2v) is 5.39. The van der Waals surface area contributed by atoms with Crippen LogP contribution in [0, 0.1) is 12.8 Å². The highest BCUT2D eigenvalue weighted by Gasteiger charge is 2.14. The van der Waals surface area contributed by atoms with Crippen LogP contribution in [0.2, 0.25) is 0 Å². The molecule has 0 spiro atoms. The minimum atomic E-state index is -1.11. The Labute approximate surface area is 118 Å². The van der Waals surface area contributed by atoms with Gasteiger partial charge in [-0.1, -0.05) is 25.5 Å². The number of carboxylic acids is 1. The molecule has 1 N–H and O–H groups in total. The first-order valence-electron chi connectivity index (χ1n) is 6.66. The van der Waals surface area contributed by atoms with E-state index >= 15 is 0 Å². The largest absolute Gasteiger partial charge is 0.548 e. The van der Waals surface area contributed by atoms with Gasteiger partial charge in [-0.25, -0.2) is 9.97 Å². The summed E-state index contributed by atoms with van der Waals surface area (Å²) in [6.07, 6.45) is 1.92. The van der Waals surface area contributed by atoms with E-state index in [1.165, 1.54) is 6.33 Å². The molecule has 2 aromatic rings. The van der Waals surface area contributed by atoms with Crippen LogP contribution < -0.4 is 10.4 Å². The zero-order valence-corrected chi connectivity index (χ0v) is 11.9. The van der Waals surface area contributed by atoms with Crippen molar-refractivity contribution in [3.63, 3.8) is 0 Å². The Bertz CT molecular complexity index is 626. The average Bonchev–Trinajstić information content (AvgIpc) is 2.38. The zero-order chi connectivity index (χ0) is 14.7. The Hall–Kier alpha value is -2.17. The standard InChI is InChI=1S/C15H19N3O2/c1-9(2)6-13(15(19)20)18-14-11-7-10(3)4-5-12(11)16-8-17-14/h4-5,7-9,13H,6H2,1-3H3,(H,19,20)(H,16,17,18)/p-1. The number of carboxylic acid groups (broad SMARTS) is 1. The number of carbonyl (C=O) groups excluding carboxylic acids is 1. The smallest absolute Gasteiger partial charge is 0.137 e. The third kappa shape index (κ3) is 3.23. The van der Waals surface area contributed by atoms with Gasteiger partial charge < -0.3 is 15.2 Å². The lowest BCUT2D eigenvalue weighted by Crippen LogP contribution is -2.41. The van der Waals surface area contributed by atoms with E-state index in [0.29, 0.717) is 12.2 Å². The monoisotopic (exact) mass is 272 g/mol. The Morgan fingerprint density at radius 2 is 2.10 bits per heavy atom. The van der Waals surface area contributed by atoms with E-state index in [2.05, 4.69) is 15.3 Å². The molecule has 1 aromatic carbocycles. The molecule has 0 radical (unpaired) electrons. The molecule has 0 aliphatic carbocycles. The summed E-state index contributed by atoms with van der Waals surface area (Å²) in [5.41, 5.74) is 1.86. The molecule has 1 aromatic heterocycles. The van der Waals surface area contributed by atoms with Crippen molar-refractivity contribution in [1.29, 1.82) is 0 Å². The Balaban J connectivity index is 2.36. The maximum Gasteiger partial charge on any atom is 0.137 e. The third-order valence-corrected chi connectivity index (χ3v) is 3.09. The van der Waals surface area contributed by atoms with Crippen molar-refractivity contribution in [3.05, 3.63) is 30.1 Å². The molecule has 1 heterocycles. The van der Waals surface area contributed by atoms with Crippen molar-refractivity contribution < 1.29 is 9.90 Å². The molecule has 0 fully saturated rings. The number of hydrogen-bond donors (Lipinski definition) is 1. The fraction of sp³-hybridized carbons (Fsp3) is 0.400. The van der Waals surface area contributed by atoms with Crippen LogP contribution in [-0.2, 0) is 4.79 Å². The number of benzene rings is 1. The molecule has 0 amide bonds. The van der Waals surface area contributed by atoms with Gasteiger partial charge in [-0.2, -0.15) is 0 Å².